The van der Waals surface area contributed by atoms with E-state index in [1.165, 1.54) is 24.3 Å². The van der Waals surface area contributed by atoms with Crippen LogP contribution in [0.15, 0.2) is 29.2 Å². The van der Waals surface area contributed by atoms with Crippen LogP contribution >= 0.6 is 11.8 Å². The number of sulfonamides is 1. The fraction of sp³-hybridized carbons (Fsp3) is 0.333. The first-order valence-corrected chi connectivity index (χ1v) is 7.13. The predicted molar refractivity (Wildman–Crippen MR) is 62.8 cm³/mol. The van der Waals surface area contributed by atoms with Crippen LogP contribution < -0.4 is 4.72 Å². The molecule has 0 atom stereocenters. The van der Waals surface area contributed by atoms with Crippen molar-refractivity contribution in [2.24, 2.45) is 0 Å². The number of hydrogen-bond acceptors (Lipinski definition) is 4. The topological polar surface area (TPSA) is 66.4 Å². The molecular formula is C9H11F2NO3S2. The highest BCUT2D eigenvalue weighted by Crippen LogP contribution is 2.32. The van der Waals surface area contributed by atoms with Crippen molar-refractivity contribution in [3.63, 3.8) is 0 Å². The van der Waals surface area contributed by atoms with Gasteiger partial charge in [0.25, 0.3) is 5.76 Å². The Morgan fingerprint density at radius 1 is 1.35 bits per heavy atom. The van der Waals surface area contributed by atoms with Gasteiger partial charge in [0, 0.05) is 4.90 Å². The molecule has 0 bridgehead atoms. The van der Waals surface area contributed by atoms with Crippen molar-refractivity contribution in [1.29, 1.82) is 0 Å². The number of aliphatic hydroxyl groups excluding tert-OH is 1. The zero-order valence-electron chi connectivity index (χ0n) is 8.64. The Kier molecular flexibility index (Phi) is 5.16. The zero-order valence-corrected chi connectivity index (χ0v) is 10.3. The van der Waals surface area contributed by atoms with Gasteiger partial charge in [-0.25, -0.2) is 8.42 Å². The van der Waals surface area contributed by atoms with Gasteiger partial charge >= 0.3 is 0 Å². The molecule has 0 radical (unpaired) electrons. The molecule has 0 spiro atoms. The lowest BCUT2D eigenvalue weighted by atomic mass is 10.3. The highest BCUT2D eigenvalue weighted by atomic mass is 32.2. The van der Waals surface area contributed by atoms with Crippen molar-refractivity contribution in [2.75, 3.05) is 17.1 Å². The highest BCUT2D eigenvalue weighted by Gasteiger charge is 2.14. The van der Waals surface area contributed by atoms with E-state index in [0.717, 1.165) is 0 Å². The quantitative estimate of drug-likeness (QED) is 0.780. The van der Waals surface area contributed by atoms with Crippen LogP contribution in [0.3, 0.4) is 0 Å². The zero-order chi connectivity index (χ0) is 12.9. The second-order valence-electron chi connectivity index (χ2n) is 3.02. The molecule has 0 saturated carbocycles. The minimum Gasteiger partial charge on any atom is -0.395 e. The summed E-state index contributed by atoms with van der Waals surface area (Å²) >= 11 is 0.261. The second kappa shape index (κ2) is 6.18. The molecule has 0 amide bonds. The molecule has 0 aliphatic heterocycles. The van der Waals surface area contributed by atoms with Gasteiger partial charge < -0.3 is 5.11 Å². The van der Waals surface area contributed by atoms with Gasteiger partial charge in [0.15, 0.2) is 0 Å². The third-order valence-corrected chi connectivity index (χ3v) is 3.77. The van der Waals surface area contributed by atoms with Crippen molar-refractivity contribution in [1.82, 2.24) is 0 Å². The van der Waals surface area contributed by atoms with Crippen LogP contribution in [0.4, 0.5) is 14.5 Å². The van der Waals surface area contributed by atoms with E-state index in [0.29, 0.717) is 0 Å². The van der Waals surface area contributed by atoms with Crippen LogP contribution in [0.5, 0.6) is 0 Å². The van der Waals surface area contributed by atoms with E-state index in [1.807, 2.05) is 0 Å². The van der Waals surface area contributed by atoms with E-state index < -0.39 is 28.1 Å². The number of benzene rings is 1. The van der Waals surface area contributed by atoms with Crippen molar-refractivity contribution in [3.8, 4) is 0 Å². The standard InChI is InChI=1S/C9H11F2NO3S2/c10-9(11)16-8-4-2-1-3-7(8)12-17(14,15)6-5-13/h1-4,9,12-13H,5-6H2. The van der Waals surface area contributed by atoms with Crippen LogP contribution in [0.1, 0.15) is 0 Å². The minimum atomic E-state index is -3.70. The molecular weight excluding hydrogens is 272 g/mol. The summed E-state index contributed by atoms with van der Waals surface area (Å²) in [4.78, 5) is 0.143. The fourth-order valence-electron chi connectivity index (χ4n) is 1.09. The summed E-state index contributed by atoms with van der Waals surface area (Å²) in [6.45, 7) is -0.528. The summed E-state index contributed by atoms with van der Waals surface area (Å²) < 4.78 is 49.3. The lowest BCUT2D eigenvalue weighted by Crippen LogP contribution is -2.19. The third-order valence-electron chi connectivity index (χ3n) is 1.73. The maximum absolute atomic E-state index is 12.2. The smallest absolute Gasteiger partial charge is 0.288 e. The Bertz CT molecular complexity index is 465. The number of rotatable bonds is 6. The normalized spacial score (nSPS) is 11.8. The summed E-state index contributed by atoms with van der Waals surface area (Å²) in [5, 5.41) is 8.55. The van der Waals surface area contributed by atoms with Gasteiger partial charge in [0.1, 0.15) is 0 Å². The molecule has 17 heavy (non-hydrogen) atoms. The van der Waals surface area contributed by atoms with Gasteiger partial charge in [-0.1, -0.05) is 23.9 Å². The third kappa shape index (κ3) is 4.88. The van der Waals surface area contributed by atoms with Crippen LogP contribution in [0.25, 0.3) is 0 Å². The number of alkyl halides is 2. The molecule has 0 aromatic heterocycles. The number of para-hydroxylation sites is 1. The summed E-state index contributed by atoms with van der Waals surface area (Å²) in [6.07, 6.45) is 0. The first-order valence-electron chi connectivity index (χ1n) is 4.60. The average molecular weight is 283 g/mol. The molecule has 1 aromatic rings. The van der Waals surface area contributed by atoms with E-state index in [-0.39, 0.29) is 22.3 Å². The Morgan fingerprint density at radius 3 is 2.59 bits per heavy atom. The summed E-state index contributed by atoms with van der Waals surface area (Å²) in [5.41, 5.74) is 0.0891. The van der Waals surface area contributed by atoms with Crippen LogP contribution in [-0.4, -0.2) is 31.6 Å². The van der Waals surface area contributed by atoms with Gasteiger partial charge in [0.05, 0.1) is 18.0 Å². The number of hydrogen-bond donors (Lipinski definition) is 2. The first-order chi connectivity index (χ1) is 7.94. The molecule has 0 fully saturated rings. The lowest BCUT2D eigenvalue weighted by Gasteiger charge is -2.11. The number of halogens is 2. The molecule has 0 unspecified atom stereocenters. The van der Waals surface area contributed by atoms with Crippen LogP contribution in [0.2, 0.25) is 0 Å². The Hall–Kier alpha value is -0.860. The van der Waals surface area contributed by atoms with Crippen LogP contribution in [-0.2, 0) is 10.0 Å². The van der Waals surface area contributed by atoms with E-state index in [9.17, 15) is 17.2 Å². The molecule has 0 heterocycles. The van der Waals surface area contributed by atoms with Crippen molar-refractivity contribution in [2.45, 2.75) is 10.7 Å². The summed E-state index contributed by atoms with van der Waals surface area (Å²) in [5.74, 6) is -3.10. The van der Waals surface area contributed by atoms with Gasteiger partial charge in [-0.2, -0.15) is 8.78 Å². The molecule has 0 saturated heterocycles. The largest absolute Gasteiger partial charge is 0.395 e. The number of thioether (sulfide) groups is 1. The molecule has 1 rings (SSSR count). The lowest BCUT2D eigenvalue weighted by molar-refractivity contribution is 0.252. The van der Waals surface area contributed by atoms with E-state index in [4.69, 9.17) is 5.11 Å². The van der Waals surface area contributed by atoms with Gasteiger partial charge in [-0.3, -0.25) is 4.72 Å². The monoisotopic (exact) mass is 283 g/mol. The van der Waals surface area contributed by atoms with Crippen molar-refractivity contribution in [3.05, 3.63) is 24.3 Å². The SMILES string of the molecule is O=S(=O)(CCO)Nc1ccccc1SC(F)F. The van der Waals surface area contributed by atoms with Crippen LogP contribution in [0, 0.1) is 0 Å². The molecule has 0 aliphatic carbocycles. The molecule has 0 aliphatic rings. The predicted octanol–water partition coefficient (Wildman–Crippen LogP) is 1.74. The summed E-state index contributed by atoms with van der Waals surface area (Å²) in [7, 11) is -3.70. The molecule has 8 heteroatoms. The van der Waals surface area contributed by atoms with Gasteiger partial charge in [0.2, 0.25) is 10.0 Å². The molecule has 2 N–H and O–H groups in total. The molecule has 1 aromatic carbocycles. The van der Waals surface area contributed by atoms with E-state index in [2.05, 4.69) is 4.72 Å². The fourth-order valence-corrected chi connectivity index (χ4v) is 2.60. The maximum atomic E-state index is 12.2. The second-order valence-corrected chi connectivity index (χ2v) is 5.89. The van der Waals surface area contributed by atoms with E-state index in [1.54, 1.807) is 0 Å². The number of anilines is 1. The Balaban J connectivity index is 2.90. The highest BCUT2D eigenvalue weighted by molar-refractivity contribution is 7.99. The van der Waals surface area contributed by atoms with Crippen molar-refractivity contribution >= 4 is 27.5 Å². The summed E-state index contributed by atoms with van der Waals surface area (Å²) in [6, 6.07) is 5.86. The Morgan fingerprint density at radius 2 is 2.00 bits per heavy atom. The average Bonchev–Trinajstić information content (AvgIpc) is 2.19. The Labute approximate surface area is 102 Å². The molecule has 4 nitrogen and oxygen atoms in total. The number of nitrogens with one attached hydrogen (secondary N) is 1. The van der Waals surface area contributed by atoms with E-state index >= 15 is 0 Å². The number of aliphatic hydroxyl groups is 1. The van der Waals surface area contributed by atoms with Crippen molar-refractivity contribution < 1.29 is 22.3 Å². The maximum Gasteiger partial charge on any atom is 0.288 e. The first kappa shape index (κ1) is 14.2. The van der Waals surface area contributed by atoms with Gasteiger partial charge in [-0.15, -0.1) is 0 Å². The minimum absolute atomic E-state index is 0.0891. The molecule has 96 valence electrons. The van der Waals surface area contributed by atoms with Gasteiger partial charge in [-0.05, 0) is 12.1 Å².